The van der Waals surface area contributed by atoms with E-state index in [1.165, 1.54) is 0 Å². The number of rotatable bonds is 3. The number of nitrogens with two attached hydrogens (primary N) is 1. The molecule has 94 valence electrons. The van der Waals surface area contributed by atoms with Gasteiger partial charge in [0.25, 0.3) is 0 Å². The lowest BCUT2D eigenvalue weighted by molar-refractivity contribution is 0.0519. The maximum atomic E-state index is 11.5. The molecule has 1 aliphatic rings. The highest BCUT2D eigenvalue weighted by atomic mass is 16.5. The Bertz CT molecular complexity index is 391. The van der Waals surface area contributed by atoms with E-state index in [2.05, 4.69) is 10.3 Å². The number of hydrogen-bond donors (Lipinski definition) is 1. The van der Waals surface area contributed by atoms with Crippen molar-refractivity contribution in [2.45, 2.75) is 44.7 Å². The zero-order valence-corrected chi connectivity index (χ0v) is 10.0. The molecule has 0 radical (unpaired) electrons. The van der Waals surface area contributed by atoms with Crippen LogP contribution in [0.2, 0.25) is 0 Å². The zero-order valence-electron chi connectivity index (χ0n) is 10.0. The first-order valence-corrected chi connectivity index (χ1v) is 6.07. The van der Waals surface area contributed by atoms with E-state index in [0.29, 0.717) is 6.61 Å². The largest absolute Gasteiger partial charge is 0.461 e. The Balaban J connectivity index is 2.09. The number of hydrogen-bond acceptors (Lipinski definition) is 5. The highest BCUT2D eigenvalue weighted by Gasteiger charge is 2.25. The number of esters is 1. The number of ether oxygens (including phenoxy) is 1. The van der Waals surface area contributed by atoms with E-state index in [1.807, 2.05) is 0 Å². The second-order valence-electron chi connectivity index (χ2n) is 4.32. The van der Waals surface area contributed by atoms with Crippen LogP contribution >= 0.6 is 0 Å². The molecular formula is C11H18N4O2. The lowest BCUT2D eigenvalue weighted by Crippen LogP contribution is -2.35. The van der Waals surface area contributed by atoms with Gasteiger partial charge in [-0.15, -0.1) is 5.10 Å². The average molecular weight is 238 g/mol. The standard InChI is InChI=1S/C11H18N4O2/c1-2-17-11(16)9-7-15(14-13-9)10-6-4-3-5-8(10)12/h7-8,10H,2-6,12H2,1H3/t8-,10+/m0/s1. The van der Waals surface area contributed by atoms with Crippen LogP contribution in [0.3, 0.4) is 0 Å². The Hall–Kier alpha value is -1.43. The molecule has 2 N–H and O–H groups in total. The summed E-state index contributed by atoms with van der Waals surface area (Å²) in [6, 6.07) is 0.250. The minimum Gasteiger partial charge on any atom is -0.461 e. The van der Waals surface area contributed by atoms with Crippen LogP contribution in [0.25, 0.3) is 0 Å². The summed E-state index contributed by atoms with van der Waals surface area (Å²) in [4.78, 5) is 11.5. The fourth-order valence-corrected chi connectivity index (χ4v) is 2.21. The van der Waals surface area contributed by atoms with Crippen LogP contribution < -0.4 is 5.73 Å². The van der Waals surface area contributed by atoms with E-state index in [4.69, 9.17) is 10.5 Å². The van der Waals surface area contributed by atoms with Gasteiger partial charge in [-0.05, 0) is 19.8 Å². The molecule has 0 aliphatic heterocycles. The third-order valence-corrected chi connectivity index (χ3v) is 3.12. The third-order valence-electron chi connectivity index (χ3n) is 3.12. The average Bonchev–Trinajstić information content (AvgIpc) is 2.79. The summed E-state index contributed by atoms with van der Waals surface area (Å²) in [5, 5.41) is 7.81. The molecule has 0 saturated heterocycles. The molecule has 0 bridgehead atoms. The molecule has 0 amide bonds. The Morgan fingerprint density at radius 2 is 2.35 bits per heavy atom. The molecule has 1 aromatic heterocycles. The number of carbonyl (C=O) groups excluding carboxylic acids is 1. The normalized spacial score (nSPS) is 24.6. The highest BCUT2D eigenvalue weighted by Crippen LogP contribution is 2.26. The second kappa shape index (κ2) is 5.27. The molecule has 17 heavy (non-hydrogen) atoms. The van der Waals surface area contributed by atoms with Gasteiger partial charge in [-0.2, -0.15) is 0 Å². The second-order valence-corrected chi connectivity index (χ2v) is 4.32. The quantitative estimate of drug-likeness (QED) is 0.791. The molecule has 1 fully saturated rings. The van der Waals surface area contributed by atoms with Gasteiger partial charge in [0.05, 0.1) is 18.8 Å². The number of carbonyl (C=O) groups is 1. The molecule has 1 aromatic rings. The van der Waals surface area contributed by atoms with Gasteiger partial charge < -0.3 is 10.5 Å². The Morgan fingerprint density at radius 3 is 3.06 bits per heavy atom. The van der Waals surface area contributed by atoms with Gasteiger partial charge in [-0.3, -0.25) is 0 Å². The van der Waals surface area contributed by atoms with Crippen molar-refractivity contribution >= 4 is 5.97 Å². The molecule has 2 atom stereocenters. The summed E-state index contributed by atoms with van der Waals surface area (Å²) in [6.45, 7) is 2.11. The molecule has 6 heteroatoms. The topological polar surface area (TPSA) is 83.0 Å². The summed E-state index contributed by atoms with van der Waals surface area (Å²) in [5.74, 6) is -0.428. The van der Waals surface area contributed by atoms with E-state index in [9.17, 15) is 4.79 Å². The summed E-state index contributed by atoms with van der Waals surface area (Å²) in [6.07, 6.45) is 5.93. The minimum absolute atomic E-state index is 0.0977. The summed E-state index contributed by atoms with van der Waals surface area (Å²) >= 11 is 0. The van der Waals surface area contributed by atoms with Crippen LogP contribution in [0, 0.1) is 0 Å². The number of aromatic nitrogens is 3. The summed E-state index contributed by atoms with van der Waals surface area (Å²) in [5.41, 5.74) is 6.30. The molecule has 1 saturated carbocycles. The van der Waals surface area contributed by atoms with E-state index in [1.54, 1.807) is 17.8 Å². The lowest BCUT2D eigenvalue weighted by atomic mass is 9.91. The van der Waals surface area contributed by atoms with Crippen LogP contribution in [0.1, 0.15) is 49.1 Å². The first kappa shape index (κ1) is 12.0. The van der Waals surface area contributed by atoms with Crippen molar-refractivity contribution in [1.29, 1.82) is 0 Å². The van der Waals surface area contributed by atoms with E-state index >= 15 is 0 Å². The van der Waals surface area contributed by atoms with Gasteiger partial charge in [-0.25, -0.2) is 9.48 Å². The fraction of sp³-hybridized carbons (Fsp3) is 0.727. The van der Waals surface area contributed by atoms with Gasteiger partial charge in [0.15, 0.2) is 5.69 Å². The molecule has 2 rings (SSSR count). The maximum Gasteiger partial charge on any atom is 0.360 e. The van der Waals surface area contributed by atoms with Crippen molar-refractivity contribution in [3.8, 4) is 0 Å². The lowest BCUT2D eigenvalue weighted by Gasteiger charge is -2.28. The van der Waals surface area contributed by atoms with Crippen LogP contribution in [0.4, 0.5) is 0 Å². The first-order chi connectivity index (χ1) is 8.22. The smallest absolute Gasteiger partial charge is 0.360 e. The van der Waals surface area contributed by atoms with Crippen molar-refractivity contribution in [2.24, 2.45) is 5.73 Å². The van der Waals surface area contributed by atoms with Crippen LogP contribution in [-0.4, -0.2) is 33.6 Å². The number of nitrogens with zero attached hydrogens (tertiary/aromatic N) is 3. The van der Waals surface area contributed by atoms with Crippen molar-refractivity contribution in [3.63, 3.8) is 0 Å². The predicted molar refractivity (Wildman–Crippen MR) is 61.5 cm³/mol. The van der Waals surface area contributed by atoms with Gasteiger partial charge in [0, 0.05) is 6.04 Å². The molecule has 0 spiro atoms. The van der Waals surface area contributed by atoms with Crippen molar-refractivity contribution in [3.05, 3.63) is 11.9 Å². The molecule has 1 heterocycles. The summed E-state index contributed by atoms with van der Waals surface area (Å²) < 4.78 is 6.57. The Labute approximate surface area is 100 Å². The van der Waals surface area contributed by atoms with E-state index in [-0.39, 0.29) is 17.8 Å². The van der Waals surface area contributed by atoms with Crippen LogP contribution in [0.5, 0.6) is 0 Å². The maximum absolute atomic E-state index is 11.5. The molecular weight excluding hydrogens is 220 g/mol. The molecule has 0 aromatic carbocycles. The van der Waals surface area contributed by atoms with E-state index < -0.39 is 5.97 Å². The summed E-state index contributed by atoms with van der Waals surface area (Å²) in [7, 11) is 0. The molecule has 0 unspecified atom stereocenters. The van der Waals surface area contributed by atoms with Gasteiger partial charge >= 0.3 is 5.97 Å². The highest BCUT2D eigenvalue weighted by molar-refractivity contribution is 5.86. The SMILES string of the molecule is CCOC(=O)c1cn([C@@H]2CCCC[C@@H]2N)nn1. The molecule has 6 nitrogen and oxygen atoms in total. The molecule has 1 aliphatic carbocycles. The van der Waals surface area contributed by atoms with Crippen molar-refractivity contribution < 1.29 is 9.53 Å². The van der Waals surface area contributed by atoms with Gasteiger partial charge in [0.1, 0.15) is 0 Å². The van der Waals surface area contributed by atoms with Crippen LogP contribution in [0.15, 0.2) is 6.20 Å². The van der Waals surface area contributed by atoms with Gasteiger partial charge in [0.2, 0.25) is 0 Å². The Morgan fingerprint density at radius 1 is 1.59 bits per heavy atom. The first-order valence-electron chi connectivity index (χ1n) is 6.07. The zero-order chi connectivity index (χ0) is 12.3. The van der Waals surface area contributed by atoms with Crippen LogP contribution in [-0.2, 0) is 4.74 Å². The monoisotopic (exact) mass is 238 g/mol. The predicted octanol–water partition coefficient (Wildman–Crippen LogP) is 0.897. The van der Waals surface area contributed by atoms with Crippen molar-refractivity contribution in [2.75, 3.05) is 6.61 Å². The van der Waals surface area contributed by atoms with Gasteiger partial charge in [-0.1, -0.05) is 18.1 Å². The van der Waals surface area contributed by atoms with Crippen molar-refractivity contribution in [1.82, 2.24) is 15.0 Å². The van der Waals surface area contributed by atoms with E-state index in [0.717, 1.165) is 25.7 Å². The minimum atomic E-state index is -0.428. The fourth-order valence-electron chi connectivity index (χ4n) is 2.21. The Kier molecular flexibility index (Phi) is 3.73. The third kappa shape index (κ3) is 2.63.